The Kier molecular flexibility index (Phi) is 6.69. The average molecular weight is 471 g/mol. The van der Waals surface area contributed by atoms with Crippen molar-refractivity contribution in [3.63, 3.8) is 0 Å². The molecule has 1 N–H and O–H groups in total. The number of hydrogen-bond acceptors (Lipinski definition) is 5. The van der Waals surface area contributed by atoms with Crippen LogP contribution in [-0.2, 0) is 0 Å². The van der Waals surface area contributed by atoms with Gasteiger partial charge in [0.1, 0.15) is 5.82 Å². The molecule has 2 aromatic carbocycles. The molecule has 0 radical (unpaired) electrons. The molecule has 0 saturated carbocycles. The van der Waals surface area contributed by atoms with Gasteiger partial charge in [-0.15, -0.1) is 0 Å². The Balaban J connectivity index is 1.79. The highest BCUT2D eigenvalue weighted by Gasteiger charge is 2.34. The molecule has 3 aromatic rings. The van der Waals surface area contributed by atoms with Crippen LogP contribution in [0.2, 0.25) is 0 Å². The molecule has 0 amide bonds. The molecular formula is C24H24F2N4O2S. The smallest absolute Gasteiger partial charge is 0.258 e. The van der Waals surface area contributed by atoms with Gasteiger partial charge in [0.15, 0.2) is 16.7 Å². The maximum absolute atomic E-state index is 14.2. The summed E-state index contributed by atoms with van der Waals surface area (Å²) < 4.78 is 38.8. The second kappa shape index (κ2) is 9.66. The molecule has 6 nitrogen and oxygen atoms in total. The van der Waals surface area contributed by atoms with Gasteiger partial charge >= 0.3 is 0 Å². The predicted octanol–water partition coefficient (Wildman–Crippen LogP) is 5.49. The predicted molar refractivity (Wildman–Crippen MR) is 125 cm³/mol. The third-order valence-electron chi connectivity index (χ3n) is 5.58. The zero-order valence-electron chi connectivity index (χ0n) is 18.6. The lowest BCUT2D eigenvalue weighted by Crippen LogP contribution is -2.46. The van der Waals surface area contributed by atoms with E-state index in [0.29, 0.717) is 21.8 Å². The van der Waals surface area contributed by atoms with Crippen molar-refractivity contribution in [1.29, 1.82) is 0 Å². The van der Waals surface area contributed by atoms with Crippen molar-refractivity contribution in [2.45, 2.75) is 32.7 Å². The summed E-state index contributed by atoms with van der Waals surface area (Å²) in [6.45, 7) is 4.76. The third-order valence-corrected chi connectivity index (χ3v) is 5.92. The number of unbranched alkanes of at least 4 members (excludes halogenated alkanes) is 1. The van der Waals surface area contributed by atoms with Gasteiger partial charge < -0.3 is 19.5 Å². The minimum atomic E-state index is -0.523. The molecule has 0 fully saturated rings. The van der Waals surface area contributed by atoms with E-state index in [1.165, 1.54) is 31.4 Å². The first-order chi connectivity index (χ1) is 15.9. The number of benzene rings is 2. The van der Waals surface area contributed by atoms with Crippen LogP contribution >= 0.6 is 12.2 Å². The van der Waals surface area contributed by atoms with Crippen LogP contribution in [0.5, 0.6) is 5.75 Å². The normalized spacial score (nSPS) is 16.2. The molecular weight excluding hydrogens is 446 g/mol. The Morgan fingerprint density at radius 1 is 1.21 bits per heavy atom. The van der Waals surface area contributed by atoms with Crippen molar-refractivity contribution in [2.75, 3.05) is 13.7 Å². The maximum atomic E-state index is 14.2. The van der Waals surface area contributed by atoms with Crippen molar-refractivity contribution in [3.8, 4) is 17.1 Å². The zero-order chi connectivity index (χ0) is 23.5. The first-order valence-electron chi connectivity index (χ1n) is 10.6. The molecule has 2 heterocycles. The Labute approximate surface area is 196 Å². The highest BCUT2D eigenvalue weighted by Crippen LogP contribution is 2.37. The second-order valence-corrected chi connectivity index (χ2v) is 8.10. The summed E-state index contributed by atoms with van der Waals surface area (Å²) in [5.74, 6) is -0.262. The molecule has 1 unspecified atom stereocenters. The lowest BCUT2D eigenvalue weighted by molar-refractivity contribution is 0.386. The van der Waals surface area contributed by atoms with E-state index in [1.54, 1.807) is 12.1 Å². The molecule has 172 valence electrons. The molecule has 1 aliphatic rings. The van der Waals surface area contributed by atoms with Gasteiger partial charge in [0.05, 0.1) is 18.7 Å². The van der Waals surface area contributed by atoms with Crippen molar-refractivity contribution >= 4 is 22.9 Å². The third kappa shape index (κ3) is 4.59. The Morgan fingerprint density at radius 2 is 2.03 bits per heavy atom. The summed E-state index contributed by atoms with van der Waals surface area (Å²) in [7, 11) is 1.40. The first-order valence-corrected chi connectivity index (χ1v) is 11.1. The molecule has 4 rings (SSSR count). The molecule has 33 heavy (non-hydrogen) atoms. The lowest BCUT2D eigenvalue weighted by Gasteiger charge is -2.37. The maximum Gasteiger partial charge on any atom is 0.258 e. The summed E-state index contributed by atoms with van der Waals surface area (Å²) in [5.41, 5.74) is 2.67. The highest BCUT2D eigenvalue weighted by atomic mass is 32.1. The quantitative estimate of drug-likeness (QED) is 0.459. The molecule has 0 spiro atoms. The monoisotopic (exact) mass is 470 g/mol. The number of rotatable bonds is 7. The number of nitrogens with zero attached hydrogens (tertiary/aromatic N) is 3. The van der Waals surface area contributed by atoms with E-state index >= 15 is 0 Å². The number of aromatic nitrogens is 2. The first kappa shape index (κ1) is 22.8. The number of nitrogens with one attached hydrogen (secondary N) is 1. The van der Waals surface area contributed by atoms with Crippen LogP contribution in [0.15, 0.2) is 52.7 Å². The molecule has 0 aliphatic carbocycles. The summed E-state index contributed by atoms with van der Waals surface area (Å²) in [4.78, 5) is 6.53. The fraction of sp³-hybridized carbons (Fsp3) is 0.292. The largest absolute Gasteiger partial charge is 0.494 e. The summed E-state index contributed by atoms with van der Waals surface area (Å²) in [6, 6.07) is 10.3. The molecule has 1 atom stereocenters. The fourth-order valence-corrected chi connectivity index (χ4v) is 4.18. The van der Waals surface area contributed by atoms with Gasteiger partial charge in [0.25, 0.3) is 5.89 Å². The molecule has 9 heteroatoms. The van der Waals surface area contributed by atoms with Gasteiger partial charge in [-0.1, -0.05) is 30.6 Å². The van der Waals surface area contributed by atoms with Gasteiger partial charge in [-0.3, -0.25) is 0 Å². The highest BCUT2D eigenvalue weighted by molar-refractivity contribution is 7.80. The molecule has 1 aliphatic heterocycles. The van der Waals surface area contributed by atoms with Gasteiger partial charge in [0.2, 0.25) is 5.82 Å². The zero-order valence-corrected chi connectivity index (χ0v) is 19.4. The minimum Gasteiger partial charge on any atom is -0.494 e. The van der Waals surface area contributed by atoms with Gasteiger partial charge in [-0.05, 0) is 61.5 Å². The Morgan fingerprint density at radius 3 is 2.73 bits per heavy atom. The number of allylic oxidation sites excluding steroid dienone is 1. The lowest BCUT2D eigenvalue weighted by atomic mass is 9.94. The van der Waals surface area contributed by atoms with Gasteiger partial charge in [-0.2, -0.15) is 4.98 Å². The minimum absolute atomic E-state index is 0.128. The van der Waals surface area contributed by atoms with E-state index in [4.69, 9.17) is 21.5 Å². The summed E-state index contributed by atoms with van der Waals surface area (Å²) in [5, 5.41) is 7.91. The van der Waals surface area contributed by atoms with Crippen molar-refractivity contribution in [2.24, 2.45) is 0 Å². The second-order valence-electron chi connectivity index (χ2n) is 7.71. The van der Waals surface area contributed by atoms with E-state index in [9.17, 15) is 8.78 Å². The van der Waals surface area contributed by atoms with Crippen molar-refractivity contribution < 1.29 is 18.0 Å². The Hall–Kier alpha value is -3.33. The summed E-state index contributed by atoms with van der Waals surface area (Å²) >= 11 is 5.62. The number of methoxy groups -OCH3 is 1. The van der Waals surface area contributed by atoms with Crippen LogP contribution in [0.3, 0.4) is 0 Å². The van der Waals surface area contributed by atoms with Crippen LogP contribution in [0.25, 0.3) is 17.0 Å². The van der Waals surface area contributed by atoms with Gasteiger partial charge in [0, 0.05) is 17.8 Å². The van der Waals surface area contributed by atoms with Crippen LogP contribution in [0.1, 0.15) is 44.2 Å². The van der Waals surface area contributed by atoms with Gasteiger partial charge in [-0.25, -0.2) is 8.78 Å². The molecule has 0 saturated heterocycles. The number of thiocarbonyl (C=S) groups is 1. The van der Waals surface area contributed by atoms with E-state index in [1.807, 2.05) is 17.9 Å². The van der Waals surface area contributed by atoms with Crippen LogP contribution in [-0.4, -0.2) is 33.8 Å². The van der Waals surface area contributed by atoms with E-state index in [2.05, 4.69) is 22.4 Å². The standard InChI is InChI=1S/C24H24F2N4O2S/c1-4-5-11-30-14(2)20(21(27-24(30)33)15-7-6-8-17(25)12-15)23-28-22(29-32-23)16-9-10-19(31-3)18(26)13-16/h6-10,12-13,21H,4-5,11H2,1-3H3,(H,27,33). The van der Waals surface area contributed by atoms with Crippen molar-refractivity contribution in [1.82, 2.24) is 20.4 Å². The summed E-state index contributed by atoms with van der Waals surface area (Å²) in [6.07, 6.45) is 1.94. The van der Waals surface area contributed by atoms with Crippen molar-refractivity contribution in [3.05, 3.63) is 71.3 Å². The van der Waals surface area contributed by atoms with Crippen LogP contribution in [0, 0.1) is 11.6 Å². The van der Waals surface area contributed by atoms with E-state index < -0.39 is 11.9 Å². The van der Waals surface area contributed by atoms with E-state index in [0.717, 1.165) is 25.1 Å². The SMILES string of the molecule is CCCCN1C(=S)NC(c2cccc(F)c2)C(c2nc(-c3ccc(OC)c(F)c3)no2)=C1C. The molecule has 0 bridgehead atoms. The average Bonchev–Trinajstić information content (AvgIpc) is 3.28. The molecule has 1 aromatic heterocycles. The number of hydrogen-bond donors (Lipinski definition) is 1. The Bertz CT molecular complexity index is 1210. The fourth-order valence-electron chi connectivity index (χ4n) is 3.84. The van der Waals surface area contributed by atoms with Crippen LogP contribution < -0.4 is 10.1 Å². The van der Waals surface area contributed by atoms with E-state index in [-0.39, 0.29) is 23.3 Å². The number of halogens is 2. The number of ether oxygens (including phenoxy) is 1. The van der Waals surface area contributed by atoms with Crippen LogP contribution in [0.4, 0.5) is 8.78 Å². The topological polar surface area (TPSA) is 63.4 Å².